The van der Waals surface area contributed by atoms with Crippen molar-refractivity contribution < 1.29 is 14.7 Å². The Morgan fingerprint density at radius 2 is 2.00 bits per heavy atom. The number of aromatic carboxylic acids is 1. The van der Waals surface area contributed by atoms with Gasteiger partial charge < -0.3 is 10.4 Å². The zero-order valence-corrected chi connectivity index (χ0v) is 12.1. The molecule has 0 bridgehead atoms. The molecular weight excluding hydrogens is 280 g/mol. The number of carbonyl (C=O) groups is 2. The molecule has 0 fully saturated rings. The fraction of sp³-hybridized carbons (Fsp3) is 0.333. The van der Waals surface area contributed by atoms with Crippen LogP contribution in [-0.2, 0) is 11.2 Å². The van der Waals surface area contributed by atoms with E-state index in [-0.39, 0.29) is 22.9 Å². The summed E-state index contributed by atoms with van der Waals surface area (Å²) >= 11 is 0.968. The predicted octanol–water partition coefficient (Wildman–Crippen LogP) is 1.67. The average Bonchev–Trinajstić information content (AvgIpc) is 2.87. The third kappa shape index (κ3) is 2.69. The second kappa shape index (κ2) is 5.41. The first-order chi connectivity index (χ1) is 9.40. The summed E-state index contributed by atoms with van der Waals surface area (Å²) in [6.07, 6.45) is 0.143. The molecule has 1 amide bonds. The number of H-pyrrole nitrogens is 1. The van der Waals surface area contributed by atoms with Crippen LogP contribution < -0.4 is 5.32 Å². The molecule has 0 atom stereocenters. The highest BCUT2D eigenvalue weighted by atomic mass is 32.1. The summed E-state index contributed by atoms with van der Waals surface area (Å²) < 4.78 is 3.95. The van der Waals surface area contributed by atoms with E-state index in [0.717, 1.165) is 28.5 Å². The van der Waals surface area contributed by atoms with E-state index >= 15 is 0 Å². The van der Waals surface area contributed by atoms with Crippen molar-refractivity contribution in [3.8, 4) is 0 Å². The molecule has 2 aromatic heterocycles. The third-order valence-corrected chi connectivity index (χ3v) is 3.80. The molecule has 0 aliphatic heterocycles. The zero-order valence-electron chi connectivity index (χ0n) is 11.3. The van der Waals surface area contributed by atoms with Crippen LogP contribution in [0.1, 0.15) is 33.0 Å². The van der Waals surface area contributed by atoms with Crippen LogP contribution in [0.15, 0.2) is 0 Å². The minimum absolute atomic E-state index is 0.0454. The number of nitrogens with zero attached hydrogens (tertiary/aromatic N) is 2. The van der Waals surface area contributed by atoms with Gasteiger partial charge >= 0.3 is 5.97 Å². The van der Waals surface area contributed by atoms with Gasteiger partial charge in [-0.2, -0.15) is 9.47 Å². The number of hydrogen-bond acceptors (Lipinski definition) is 5. The summed E-state index contributed by atoms with van der Waals surface area (Å²) in [5.74, 6) is -1.38. The molecule has 3 N–H and O–H groups in total. The normalized spacial score (nSPS) is 10.6. The highest BCUT2D eigenvalue weighted by Gasteiger charge is 2.20. The first-order valence-electron chi connectivity index (χ1n) is 5.90. The number of aryl methyl sites for hydroxylation is 3. The van der Waals surface area contributed by atoms with Gasteiger partial charge in [-0.1, -0.05) is 0 Å². The van der Waals surface area contributed by atoms with Crippen LogP contribution in [0.4, 0.5) is 5.00 Å². The van der Waals surface area contributed by atoms with Crippen molar-refractivity contribution in [3.63, 3.8) is 0 Å². The van der Waals surface area contributed by atoms with E-state index in [1.165, 1.54) is 0 Å². The van der Waals surface area contributed by atoms with Crippen molar-refractivity contribution in [2.75, 3.05) is 5.32 Å². The lowest BCUT2D eigenvalue weighted by molar-refractivity contribution is -0.115. The molecule has 7 nitrogen and oxygen atoms in total. The number of carboxylic acids is 1. The highest BCUT2D eigenvalue weighted by molar-refractivity contribution is 7.11. The Morgan fingerprint density at radius 3 is 2.55 bits per heavy atom. The standard InChI is InChI=1S/C12H14N4O3S/c1-5-8(6(2)15-14-5)4-9(17)13-11-10(12(18)19)7(3)16-20-11/h4H2,1-3H3,(H,13,17)(H,14,15)(H,18,19). The van der Waals surface area contributed by atoms with Crippen molar-refractivity contribution in [1.82, 2.24) is 14.6 Å². The van der Waals surface area contributed by atoms with Crippen LogP contribution in [-0.4, -0.2) is 31.6 Å². The van der Waals surface area contributed by atoms with Gasteiger partial charge in [0, 0.05) is 11.3 Å². The van der Waals surface area contributed by atoms with E-state index in [1.54, 1.807) is 6.92 Å². The first-order valence-corrected chi connectivity index (χ1v) is 6.67. The van der Waals surface area contributed by atoms with E-state index in [2.05, 4.69) is 19.9 Å². The van der Waals surface area contributed by atoms with Crippen molar-refractivity contribution in [2.45, 2.75) is 27.2 Å². The minimum Gasteiger partial charge on any atom is -0.478 e. The maximum absolute atomic E-state index is 12.0. The molecule has 0 saturated carbocycles. The van der Waals surface area contributed by atoms with Gasteiger partial charge in [-0.25, -0.2) is 4.79 Å². The number of carboxylic acid groups (broad SMARTS) is 1. The lowest BCUT2D eigenvalue weighted by atomic mass is 10.1. The smallest absolute Gasteiger partial charge is 0.340 e. The van der Waals surface area contributed by atoms with Crippen molar-refractivity contribution >= 4 is 28.4 Å². The molecular formula is C12H14N4O3S. The first kappa shape index (κ1) is 14.2. The Morgan fingerprint density at radius 1 is 1.30 bits per heavy atom. The van der Waals surface area contributed by atoms with Gasteiger partial charge in [-0.3, -0.25) is 9.89 Å². The number of aromatic amines is 1. The lowest BCUT2D eigenvalue weighted by Gasteiger charge is -2.04. The fourth-order valence-electron chi connectivity index (χ4n) is 1.87. The number of carbonyl (C=O) groups excluding carboxylic acids is 1. The second-order valence-electron chi connectivity index (χ2n) is 4.41. The quantitative estimate of drug-likeness (QED) is 0.795. The highest BCUT2D eigenvalue weighted by Crippen LogP contribution is 2.24. The average molecular weight is 294 g/mol. The molecule has 2 heterocycles. The largest absolute Gasteiger partial charge is 0.478 e. The Kier molecular flexibility index (Phi) is 3.84. The molecule has 0 aromatic carbocycles. The van der Waals surface area contributed by atoms with Gasteiger partial charge in [-0.05, 0) is 32.3 Å². The SMILES string of the molecule is Cc1n[nH]c(C)c1CC(=O)Nc1snc(C)c1C(=O)O. The van der Waals surface area contributed by atoms with Crippen molar-refractivity contribution in [2.24, 2.45) is 0 Å². The van der Waals surface area contributed by atoms with E-state index in [0.29, 0.717) is 5.69 Å². The Labute approximate surface area is 119 Å². The zero-order chi connectivity index (χ0) is 14.9. The van der Waals surface area contributed by atoms with Crippen LogP contribution >= 0.6 is 11.5 Å². The predicted molar refractivity (Wildman–Crippen MR) is 74.2 cm³/mol. The number of amides is 1. The molecule has 2 rings (SSSR count). The number of anilines is 1. The van der Waals surface area contributed by atoms with E-state index in [1.807, 2.05) is 13.8 Å². The Balaban J connectivity index is 2.15. The van der Waals surface area contributed by atoms with E-state index in [4.69, 9.17) is 5.11 Å². The molecule has 0 unspecified atom stereocenters. The molecule has 0 spiro atoms. The summed E-state index contributed by atoms with van der Waals surface area (Å²) in [5.41, 5.74) is 2.85. The summed E-state index contributed by atoms with van der Waals surface area (Å²) in [6, 6.07) is 0. The summed E-state index contributed by atoms with van der Waals surface area (Å²) in [6.45, 7) is 5.24. The number of nitrogens with one attached hydrogen (secondary N) is 2. The maximum atomic E-state index is 12.0. The lowest BCUT2D eigenvalue weighted by Crippen LogP contribution is -2.16. The van der Waals surface area contributed by atoms with Gasteiger partial charge in [0.2, 0.25) is 5.91 Å². The molecule has 106 valence electrons. The Hall–Kier alpha value is -2.22. The third-order valence-electron chi connectivity index (χ3n) is 2.95. The van der Waals surface area contributed by atoms with Crippen LogP contribution in [0.3, 0.4) is 0 Å². The van der Waals surface area contributed by atoms with Gasteiger partial charge in [0.1, 0.15) is 10.6 Å². The van der Waals surface area contributed by atoms with Crippen LogP contribution in [0.25, 0.3) is 0 Å². The van der Waals surface area contributed by atoms with Gasteiger partial charge in [0.25, 0.3) is 0 Å². The molecule has 20 heavy (non-hydrogen) atoms. The minimum atomic E-state index is -1.10. The summed E-state index contributed by atoms with van der Waals surface area (Å²) in [5, 5.41) is 18.8. The van der Waals surface area contributed by atoms with Crippen molar-refractivity contribution in [3.05, 3.63) is 28.2 Å². The molecule has 2 aromatic rings. The maximum Gasteiger partial charge on any atom is 0.340 e. The molecule has 0 aliphatic rings. The number of hydrogen-bond donors (Lipinski definition) is 3. The van der Waals surface area contributed by atoms with E-state index < -0.39 is 5.97 Å². The molecule has 8 heteroatoms. The van der Waals surface area contributed by atoms with Gasteiger partial charge in [0.15, 0.2) is 0 Å². The molecule has 0 aliphatic carbocycles. The van der Waals surface area contributed by atoms with Crippen LogP contribution in [0.2, 0.25) is 0 Å². The van der Waals surface area contributed by atoms with Gasteiger partial charge in [-0.15, -0.1) is 0 Å². The van der Waals surface area contributed by atoms with E-state index in [9.17, 15) is 9.59 Å². The monoisotopic (exact) mass is 294 g/mol. The second-order valence-corrected chi connectivity index (χ2v) is 5.19. The number of aromatic nitrogens is 3. The van der Waals surface area contributed by atoms with Crippen LogP contribution in [0, 0.1) is 20.8 Å². The summed E-state index contributed by atoms with van der Waals surface area (Å²) in [4.78, 5) is 23.1. The topological polar surface area (TPSA) is 108 Å². The molecule has 0 saturated heterocycles. The van der Waals surface area contributed by atoms with Gasteiger partial charge in [0.05, 0.1) is 17.8 Å². The fourth-order valence-corrected chi connectivity index (χ4v) is 2.68. The summed E-state index contributed by atoms with van der Waals surface area (Å²) in [7, 11) is 0. The number of rotatable bonds is 4. The van der Waals surface area contributed by atoms with Crippen LogP contribution in [0.5, 0.6) is 0 Å². The van der Waals surface area contributed by atoms with Crippen molar-refractivity contribution in [1.29, 1.82) is 0 Å². The molecule has 0 radical (unpaired) electrons. The Bertz CT molecular complexity index is 655.